The summed E-state index contributed by atoms with van der Waals surface area (Å²) in [4.78, 5) is 29.9. The lowest BCUT2D eigenvalue weighted by Gasteiger charge is -2.24. The molecule has 0 aliphatic heterocycles. The number of hydrogen-bond acceptors (Lipinski definition) is 5. The van der Waals surface area contributed by atoms with E-state index in [4.69, 9.17) is 9.72 Å². The Labute approximate surface area is 221 Å². The average molecular weight is 513 g/mol. The number of fused-ring (bicyclic) bond motifs is 1. The highest BCUT2D eigenvalue weighted by Gasteiger charge is 2.23. The van der Waals surface area contributed by atoms with Crippen LogP contribution in [0, 0.1) is 0 Å². The van der Waals surface area contributed by atoms with Gasteiger partial charge in [-0.1, -0.05) is 49.6 Å². The van der Waals surface area contributed by atoms with Gasteiger partial charge in [0.15, 0.2) is 0 Å². The minimum absolute atomic E-state index is 0.199. The molecule has 38 heavy (non-hydrogen) atoms. The Bertz CT molecular complexity index is 1410. The van der Waals surface area contributed by atoms with E-state index in [1.165, 1.54) is 19.3 Å². The molecule has 1 atom stereocenters. The predicted octanol–water partition coefficient (Wildman–Crippen LogP) is 5.18. The molecule has 196 valence electrons. The Kier molecular flexibility index (Phi) is 7.58. The van der Waals surface area contributed by atoms with Crippen molar-refractivity contribution in [1.82, 2.24) is 14.7 Å². The van der Waals surface area contributed by atoms with Gasteiger partial charge >= 0.3 is 5.97 Å². The third-order valence-corrected chi connectivity index (χ3v) is 7.08. The number of amides is 1. The SMILES string of the molecule is COc1ccc(-c2nc3cc(C(=O)NC(Cc4ccccc4)C(=O)O)ccn3c2NC2CCCCC2)cc1. The van der Waals surface area contributed by atoms with Gasteiger partial charge in [0, 0.05) is 29.8 Å². The molecule has 1 amide bonds. The van der Waals surface area contributed by atoms with Gasteiger partial charge in [-0.2, -0.15) is 0 Å². The molecular formula is C30H32N4O4. The third-order valence-electron chi connectivity index (χ3n) is 7.08. The Morgan fingerprint density at radius 3 is 2.47 bits per heavy atom. The number of anilines is 1. The number of carboxylic acid groups (broad SMARTS) is 1. The number of aliphatic carboxylic acids is 1. The van der Waals surface area contributed by atoms with Crippen LogP contribution in [-0.2, 0) is 11.2 Å². The summed E-state index contributed by atoms with van der Waals surface area (Å²) in [6, 6.07) is 19.7. The Balaban J connectivity index is 1.45. The number of ether oxygens (including phenoxy) is 1. The molecule has 2 aromatic heterocycles. The van der Waals surface area contributed by atoms with Gasteiger partial charge in [-0.3, -0.25) is 9.20 Å². The molecule has 0 saturated heterocycles. The zero-order valence-electron chi connectivity index (χ0n) is 21.4. The third kappa shape index (κ3) is 5.64. The first-order valence-electron chi connectivity index (χ1n) is 13.0. The van der Waals surface area contributed by atoms with E-state index in [-0.39, 0.29) is 6.42 Å². The number of methoxy groups -OCH3 is 1. The van der Waals surface area contributed by atoms with Crippen molar-refractivity contribution >= 4 is 23.3 Å². The van der Waals surface area contributed by atoms with Crippen LogP contribution in [0.25, 0.3) is 16.9 Å². The molecule has 2 aromatic carbocycles. The summed E-state index contributed by atoms with van der Waals surface area (Å²) in [6.45, 7) is 0. The zero-order valence-corrected chi connectivity index (χ0v) is 21.4. The van der Waals surface area contributed by atoms with Gasteiger partial charge < -0.3 is 20.5 Å². The van der Waals surface area contributed by atoms with Crippen molar-refractivity contribution < 1.29 is 19.4 Å². The quantitative estimate of drug-likeness (QED) is 0.285. The number of benzene rings is 2. The standard InChI is InChI=1S/C30H32N4O4/c1-38-24-14-12-21(13-15-24)27-28(31-23-10-6-3-7-11-23)34-17-16-22(19-26(34)33-27)29(35)32-25(30(36)37)18-20-8-4-2-5-9-20/h2,4-5,8-9,12-17,19,23,25,31H,3,6-7,10-11,18H2,1H3,(H,32,35)(H,36,37). The fourth-order valence-corrected chi connectivity index (χ4v) is 5.01. The maximum Gasteiger partial charge on any atom is 0.326 e. The summed E-state index contributed by atoms with van der Waals surface area (Å²) >= 11 is 0. The van der Waals surface area contributed by atoms with E-state index in [1.54, 1.807) is 19.2 Å². The molecule has 1 saturated carbocycles. The van der Waals surface area contributed by atoms with Crippen molar-refractivity contribution in [3.8, 4) is 17.0 Å². The summed E-state index contributed by atoms with van der Waals surface area (Å²) in [5, 5.41) is 16.1. The number of carbonyl (C=O) groups excluding carboxylic acids is 1. The second-order valence-electron chi connectivity index (χ2n) is 9.71. The highest BCUT2D eigenvalue weighted by molar-refractivity contribution is 5.97. The second-order valence-corrected chi connectivity index (χ2v) is 9.71. The lowest BCUT2D eigenvalue weighted by atomic mass is 9.95. The highest BCUT2D eigenvalue weighted by atomic mass is 16.5. The number of nitrogens with one attached hydrogen (secondary N) is 2. The van der Waals surface area contributed by atoms with Gasteiger partial charge in [0.25, 0.3) is 5.91 Å². The fourth-order valence-electron chi connectivity index (χ4n) is 5.01. The van der Waals surface area contributed by atoms with Crippen LogP contribution in [-0.4, -0.2) is 45.6 Å². The van der Waals surface area contributed by atoms with E-state index in [0.29, 0.717) is 17.3 Å². The summed E-state index contributed by atoms with van der Waals surface area (Å²) in [6.07, 6.45) is 7.89. The van der Waals surface area contributed by atoms with Crippen LogP contribution >= 0.6 is 0 Å². The minimum Gasteiger partial charge on any atom is -0.497 e. The molecule has 3 N–H and O–H groups in total. The topological polar surface area (TPSA) is 105 Å². The molecule has 2 heterocycles. The molecule has 0 radical (unpaired) electrons. The number of rotatable bonds is 9. The Morgan fingerprint density at radius 1 is 1.05 bits per heavy atom. The molecule has 1 fully saturated rings. The molecular weight excluding hydrogens is 480 g/mol. The van der Waals surface area contributed by atoms with Crippen LogP contribution < -0.4 is 15.4 Å². The van der Waals surface area contributed by atoms with Crippen LogP contribution in [0.2, 0.25) is 0 Å². The lowest BCUT2D eigenvalue weighted by molar-refractivity contribution is -0.139. The first-order valence-corrected chi connectivity index (χ1v) is 13.0. The van der Waals surface area contributed by atoms with Gasteiger partial charge in [-0.15, -0.1) is 0 Å². The van der Waals surface area contributed by atoms with Gasteiger partial charge in [0.2, 0.25) is 0 Å². The first kappa shape index (κ1) is 25.3. The number of hydrogen-bond donors (Lipinski definition) is 3. The largest absolute Gasteiger partial charge is 0.497 e. The lowest BCUT2D eigenvalue weighted by Crippen LogP contribution is -2.42. The number of carbonyl (C=O) groups is 2. The van der Waals surface area contributed by atoms with Crippen LogP contribution in [0.5, 0.6) is 5.75 Å². The summed E-state index contributed by atoms with van der Waals surface area (Å²) in [5.41, 5.74) is 3.53. The molecule has 0 spiro atoms. The maximum absolute atomic E-state index is 13.1. The highest BCUT2D eigenvalue weighted by Crippen LogP contribution is 2.32. The second kappa shape index (κ2) is 11.4. The van der Waals surface area contributed by atoms with E-state index < -0.39 is 17.9 Å². The van der Waals surface area contributed by atoms with Crippen LogP contribution in [0.4, 0.5) is 5.82 Å². The van der Waals surface area contributed by atoms with Crippen molar-refractivity contribution in [1.29, 1.82) is 0 Å². The van der Waals surface area contributed by atoms with Crippen LogP contribution in [0.15, 0.2) is 72.9 Å². The van der Waals surface area contributed by atoms with Crippen molar-refractivity contribution in [2.75, 3.05) is 12.4 Å². The van der Waals surface area contributed by atoms with Crippen molar-refractivity contribution in [3.63, 3.8) is 0 Å². The van der Waals surface area contributed by atoms with Crippen molar-refractivity contribution in [2.45, 2.75) is 50.6 Å². The van der Waals surface area contributed by atoms with Crippen LogP contribution in [0.3, 0.4) is 0 Å². The van der Waals surface area contributed by atoms with E-state index in [9.17, 15) is 14.7 Å². The van der Waals surface area contributed by atoms with Crippen LogP contribution in [0.1, 0.15) is 48.0 Å². The number of carboxylic acids is 1. The minimum atomic E-state index is -1.08. The number of pyridine rings is 1. The predicted molar refractivity (Wildman–Crippen MR) is 147 cm³/mol. The molecule has 4 aromatic rings. The van der Waals surface area contributed by atoms with E-state index >= 15 is 0 Å². The van der Waals surface area contributed by atoms with Gasteiger partial charge in [0.05, 0.1) is 7.11 Å². The smallest absolute Gasteiger partial charge is 0.326 e. The normalized spacial score (nSPS) is 14.7. The van der Waals surface area contributed by atoms with Gasteiger partial charge in [-0.25, -0.2) is 9.78 Å². The average Bonchev–Trinajstić information content (AvgIpc) is 3.31. The molecule has 1 aliphatic carbocycles. The summed E-state index contributed by atoms with van der Waals surface area (Å²) < 4.78 is 7.28. The number of aromatic nitrogens is 2. The molecule has 1 aliphatic rings. The van der Waals surface area contributed by atoms with Crippen molar-refractivity contribution in [2.24, 2.45) is 0 Å². The summed E-state index contributed by atoms with van der Waals surface area (Å²) in [7, 11) is 1.64. The maximum atomic E-state index is 13.1. The van der Waals surface area contributed by atoms with Crippen molar-refractivity contribution in [3.05, 3.63) is 84.1 Å². The fraction of sp³-hybridized carbons (Fsp3) is 0.300. The molecule has 8 nitrogen and oxygen atoms in total. The Morgan fingerprint density at radius 2 is 1.79 bits per heavy atom. The molecule has 8 heteroatoms. The monoisotopic (exact) mass is 512 g/mol. The molecule has 1 unspecified atom stereocenters. The molecule has 5 rings (SSSR count). The van der Waals surface area contributed by atoms with E-state index in [1.807, 2.05) is 65.2 Å². The molecule has 0 bridgehead atoms. The van der Waals surface area contributed by atoms with Gasteiger partial charge in [0.1, 0.15) is 29.0 Å². The van der Waals surface area contributed by atoms with Gasteiger partial charge in [-0.05, 0) is 54.8 Å². The zero-order chi connectivity index (χ0) is 26.5. The Hall–Kier alpha value is -4.33. The first-order chi connectivity index (χ1) is 18.5. The summed E-state index contributed by atoms with van der Waals surface area (Å²) in [5.74, 6) is 0.120. The number of nitrogens with zero attached hydrogens (tertiary/aromatic N) is 2. The van der Waals surface area contributed by atoms with E-state index in [2.05, 4.69) is 10.6 Å². The van der Waals surface area contributed by atoms with E-state index in [0.717, 1.165) is 41.2 Å². The number of imidazole rings is 1.